The fraction of sp³-hybridized carbons (Fsp3) is 0.111. The van der Waals surface area contributed by atoms with Crippen molar-refractivity contribution in [2.24, 2.45) is 7.05 Å². The molecule has 0 saturated carbocycles. The van der Waals surface area contributed by atoms with Gasteiger partial charge in [0.05, 0.1) is 22.9 Å². The summed E-state index contributed by atoms with van der Waals surface area (Å²) in [7, 11) is 1.82. The van der Waals surface area contributed by atoms with Gasteiger partial charge in [0, 0.05) is 12.1 Å². The van der Waals surface area contributed by atoms with Crippen LogP contribution in [0.15, 0.2) is 48.7 Å². The fourth-order valence-electron chi connectivity index (χ4n) is 2.71. The molecule has 1 N–H and O–H groups in total. The van der Waals surface area contributed by atoms with E-state index in [2.05, 4.69) is 20.6 Å². The van der Waals surface area contributed by atoms with Crippen LogP contribution in [0.4, 0.5) is 5.95 Å². The number of halogens is 1. The highest BCUT2D eigenvalue weighted by Crippen LogP contribution is 2.22. The monoisotopic (exact) mass is 366 g/mol. The van der Waals surface area contributed by atoms with Crippen molar-refractivity contribution in [3.8, 4) is 5.69 Å². The van der Waals surface area contributed by atoms with Crippen molar-refractivity contribution in [2.45, 2.75) is 6.92 Å². The number of amides is 1. The zero-order valence-corrected chi connectivity index (χ0v) is 14.9. The smallest absolute Gasteiger partial charge is 0.280 e. The van der Waals surface area contributed by atoms with Crippen molar-refractivity contribution >= 4 is 34.5 Å². The molecule has 4 aromatic rings. The van der Waals surface area contributed by atoms with Gasteiger partial charge in [-0.2, -0.15) is 0 Å². The molecule has 0 spiro atoms. The highest BCUT2D eigenvalue weighted by Gasteiger charge is 2.16. The van der Waals surface area contributed by atoms with Crippen LogP contribution in [0, 0.1) is 6.92 Å². The second-order valence-electron chi connectivity index (χ2n) is 5.97. The Hall–Kier alpha value is -3.19. The molecule has 0 unspecified atom stereocenters. The summed E-state index contributed by atoms with van der Waals surface area (Å²) >= 11 is 6.00. The van der Waals surface area contributed by atoms with Crippen LogP contribution < -0.4 is 5.32 Å². The Kier molecular flexibility index (Phi) is 3.93. The Morgan fingerprint density at radius 3 is 2.85 bits per heavy atom. The maximum atomic E-state index is 12.5. The second-order valence-corrected chi connectivity index (χ2v) is 6.41. The Morgan fingerprint density at radius 1 is 1.19 bits per heavy atom. The number of fused-ring (bicyclic) bond motifs is 1. The summed E-state index contributed by atoms with van der Waals surface area (Å²) in [6.07, 6.45) is 1.59. The molecule has 0 radical (unpaired) electrons. The normalized spacial score (nSPS) is 11.0. The molecule has 0 aliphatic rings. The number of carbonyl (C=O) groups excluding carboxylic acids is 1. The van der Waals surface area contributed by atoms with Gasteiger partial charge in [0.25, 0.3) is 5.91 Å². The molecule has 0 saturated heterocycles. The van der Waals surface area contributed by atoms with Crippen LogP contribution in [0.5, 0.6) is 0 Å². The van der Waals surface area contributed by atoms with Gasteiger partial charge < -0.3 is 4.57 Å². The first-order chi connectivity index (χ1) is 12.5. The molecule has 0 fully saturated rings. The lowest BCUT2D eigenvalue weighted by Crippen LogP contribution is -2.15. The van der Waals surface area contributed by atoms with E-state index in [-0.39, 0.29) is 11.6 Å². The van der Waals surface area contributed by atoms with E-state index in [1.807, 2.05) is 44.3 Å². The lowest BCUT2D eigenvalue weighted by Gasteiger charge is -2.03. The number of benzene rings is 2. The van der Waals surface area contributed by atoms with Gasteiger partial charge in [-0.15, -0.1) is 5.10 Å². The van der Waals surface area contributed by atoms with Gasteiger partial charge in [-0.1, -0.05) is 28.9 Å². The topological polar surface area (TPSA) is 77.6 Å². The van der Waals surface area contributed by atoms with E-state index in [4.69, 9.17) is 11.6 Å². The number of carbonyl (C=O) groups is 1. The maximum Gasteiger partial charge on any atom is 0.280 e. The van der Waals surface area contributed by atoms with Crippen molar-refractivity contribution in [2.75, 3.05) is 5.32 Å². The maximum absolute atomic E-state index is 12.5. The second kappa shape index (κ2) is 6.27. The van der Waals surface area contributed by atoms with Gasteiger partial charge in [0.15, 0.2) is 5.69 Å². The van der Waals surface area contributed by atoms with Crippen molar-refractivity contribution in [1.82, 2.24) is 24.5 Å². The lowest BCUT2D eigenvalue weighted by atomic mass is 10.2. The van der Waals surface area contributed by atoms with Gasteiger partial charge in [-0.25, -0.2) is 9.67 Å². The van der Waals surface area contributed by atoms with Gasteiger partial charge in [0.1, 0.15) is 0 Å². The summed E-state index contributed by atoms with van der Waals surface area (Å²) in [6, 6.07) is 13.2. The highest BCUT2D eigenvalue weighted by atomic mass is 35.5. The van der Waals surface area contributed by atoms with Crippen LogP contribution in [-0.4, -0.2) is 30.5 Å². The Morgan fingerprint density at radius 2 is 2.04 bits per heavy atom. The van der Waals surface area contributed by atoms with Gasteiger partial charge >= 0.3 is 0 Å². The Labute approximate surface area is 154 Å². The predicted molar refractivity (Wildman–Crippen MR) is 99.8 cm³/mol. The first-order valence-corrected chi connectivity index (χ1v) is 8.32. The molecule has 8 heteroatoms. The number of hydrogen-bond donors (Lipinski definition) is 1. The van der Waals surface area contributed by atoms with Crippen molar-refractivity contribution in [1.29, 1.82) is 0 Å². The number of anilines is 1. The van der Waals surface area contributed by atoms with Crippen molar-refractivity contribution < 1.29 is 4.79 Å². The van der Waals surface area contributed by atoms with E-state index in [1.54, 1.807) is 27.6 Å². The molecule has 0 aliphatic heterocycles. The molecule has 7 nitrogen and oxygen atoms in total. The van der Waals surface area contributed by atoms with E-state index in [0.717, 1.165) is 16.8 Å². The molecular formula is C18H15ClN6O. The number of nitrogens with one attached hydrogen (secondary N) is 1. The minimum atomic E-state index is -0.381. The third-order valence-electron chi connectivity index (χ3n) is 4.06. The standard InChI is InChI=1S/C18H15ClN6O/c1-11-4-3-5-13(8-11)25-10-15(22-23-25)17(26)21-18-20-14-9-12(19)6-7-16(14)24(18)2/h3-10H,1-2H3,(H,20,21,26). The molecule has 2 aromatic heterocycles. The Bertz CT molecular complexity index is 1130. The van der Waals surface area contributed by atoms with Crippen LogP contribution in [-0.2, 0) is 7.05 Å². The molecule has 2 aromatic carbocycles. The number of aromatic nitrogens is 5. The van der Waals surface area contributed by atoms with E-state index in [0.29, 0.717) is 16.5 Å². The quantitative estimate of drug-likeness (QED) is 0.603. The molecular weight excluding hydrogens is 352 g/mol. The van der Waals surface area contributed by atoms with E-state index < -0.39 is 0 Å². The van der Waals surface area contributed by atoms with E-state index in [9.17, 15) is 4.79 Å². The minimum Gasteiger partial charge on any atom is -0.313 e. The molecule has 0 atom stereocenters. The third kappa shape index (κ3) is 2.93. The Balaban J connectivity index is 1.60. The summed E-state index contributed by atoms with van der Waals surface area (Å²) < 4.78 is 3.35. The van der Waals surface area contributed by atoms with Gasteiger partial charge in [-0.05, 0) is 42.8 Å². The average Bonchev–Trinajstić information content (AvgIpc) is 3.21. The molecule has 0 bridgehead atoms. The lowest BCUT2D eigenvalue weighted by molar-refractivity contribution is 0.102. The van der Waals surface area contributed by atoms with E-state index >= 15 is 0 Å². The summed E-state index contributed by atoms with van der Waals surface area (Å²) in [4.78, 5) is 16.9. The minimum absolute atomic E-state index is 0.205. The molecule has 1 amide bonds. The molecule has 2 heterocycles. The van der Waals surface area contributed by atoms with Crippen LogP contribution in [0.3, 0.4) is 0 Å². The highest BCUT2D eigenvalue weighted by molar-refractivity contribution is 6.31. The zero-order chi connectivity index (χ0) is 18.3. The SMILES string of the molecule is Cc1cccc(-n2cc(C(=O)Nc3nc4cc(Cl)ccc4n3C)nn2)c1. The third-order valence-corrected chi connectivity index (χ3v) is 4.30. The molecule has 4 rings (SSSR count). The van der Waals surface area contributed by atoms with Crippen LogP contribution in [0.25, 0.3) is 16.7 Å². The van der Waals surface area contributed by atoms with Crippen LogP contribution in [0.2, 0.25) is 5.02 Å². The van der Waals surface area contributed by atoms with Crippen molar-refractivity contribution in [3.63, 3.8) is 0 Å². The van der Waals surface area contributed by atoms with Crippen LogP contribution in [0.1, 0.15) is 16.1 Å². The summed E-state index contributed by atoms with van der Waals surface area (Å²) in [5.41, 5.74) is 3.72. The van der Waals surface area contributed by atoms with Crippen LogP contribution >= 0.6 is 11.6 Å². The van der Waals surface area contributed by atoms with E-state index in [1.165, 1.54) is 0 Å². The first kappa shape index (κ1) is 16.3. The fourth-order valence-corrected chi connectivity index (χ4v) is 2.88. The average molecular weight is 367 g/mol. The molecule has 0 aliphatic carbocycles. The number of rotatable bonds is 3. The number of imidazole rings is 1. The number of aryl methyl sites for hydroxylation is 2. The summed E-state index contributed by atoms with van der Waals surface area (Å²) in [6.45, 7) is 1.99. The largest absolute Gasteiger partial charge is 0.313 e. The summed E-state index contributed by atoms with van der Waals surface area (Å²) in [5, 5.41) is 11.3. The predicted octanol–water partition coefficient (Wildman–Crippen LogP) is 3.37. The molecule has 130 valence electrons. The number of nitrogens with zero attached hydrogens (tertiary/aromatic N) is 5. The van der Waals surface area contributed by atoms with Crippen molar-refractivity contribution in [3.05, 3.63) is 64.9 Å². The zero-order valence-electron chi connectivity index (χ0n) is 14.1. The van der Waals surface area contributed by atoms with Gasteiger partial charge in [-0.3, -0.25) is 10.1 Å². The molecule has 26 heavy (non-hydrogen) atoms. The summed E-state index contributed by atoms with van der Waals surface area (Å²) in [5.74, 6) is 0.0331. The number of hydrogen-bond acceptors (Lipinski definition) is 4. The first-order valence-electron chi connectivity index (χ1n) is 7.94. The van der Waals surface area contributed by atoms with Gasteiger partial charge in [0.2, 0.25) is 5.95 Å².